The molecule has 0 bridgehead atoms. The van der Waals surface area contributed by atoms with Crippen LogP contribution in [-0.4, -0.2) is 44.6 Å². The number of nitrogens with zero attached hydrogens (tertiary/aromatic N) is 4. The van der Waals surface area contributed by atoms with Crippen LogP contribution in [0.2, 0.25) is 0 Å². The van der Waals surface area contributed by atoms with Gasteiger partial charge in [0, 0.05) is 46.9 Å². The van der Waals surface area contributed by atoms with Gasteiger partial charge < -0.3 is 20.1 Å². The van der Waals surface area contributed by atoms with Crippen LogP contribution in [0.3, 0.4) is 0 Å². The van der Waals surface area contributed by atoms with E-state index in [9.17, 15) is 4.79 Å². The SMILES string of the molecule is O=C(Cc1cccs1)Nc1cccc(-c2nc3ccccn3c2-c2ccnc(Nc3cccc(OCC4CCCO4)c3)n2)c1. The van der Waals surface area contributed by atoms with Crippen molar-refractivity contribution >= 4 is 40.2 Å². The maximum Gasteiger partial charge on any atom is 0.229 e. The van der Waals surface area contributed by atoms with Crippen molar-refractivity contribution in [1.82, 2.24) is 19.4 Å². The highest BCUT2D eigenvalue weighted by Crippen LogP contribution is 2.33. The minimum Gasteiger partial charge on any atom is -0.491 e. The highest BCUT2D eigenvalue weighted by Gasteiger charge is 2.19. The van der Waals surface area contributed by atoms with Gasteiger partial charge in [0.2, 0.25) is 11.9 Å². The van der Waals surface area contributed by atoms with Crippen LogP contribution in [0.25, 0.3) is 28.3 Å². The number of benzene rings is 2. The van der Waals surface area contributed by atoms with Crippen LogP contribution >= 0.6 is 11.3 Å². The molecular weight excluding hydrogens is 572 g/mol. The molecule has 1 amide bonds. The maximum absolute atomic E-state index is 12.7. The largest absolute Gasteiger partial charge is 0.491 e. The van der Waals surface area contributed by atoms with Gasteiger partial charge in [0.15, 0.2) is 0 Å². The number of amides is 1. The molecule has 0 aliphatic carbocycles. The van der Waals surface area contributed by atoms with Crippen molar-refractivity contribution < 1.29 is 14.3 Å². The number of hydrogen-bond acceptors (Lipinski definition) is 8. The summed E-state index contributed by atoms with van der Waals surface area (Å²) in [5, 5.41) is 8.32. The van der Waals surface area contributed by atoms with Gasteiger partial charge in [0.1, 0.15) is 18.0 Å². The number of rotatable bonds is 10. The average molecular weight is 603 g/mol. The molecule has 1 fully saturated rings. The maximum atomic E-state index is 12.7. The lowest BCUT2D eigenvalue weighted by Gasteiger charge is -2.13. The molecule has 0 radical (unpaired) electrons. The van der Waals surface area contributed by atoms with Crippen molar-refractivity contribution in [3.05, 3.63) is 108 Å². The first-order valence-corrected chi connectivity index (χ1v) is 15.4. The minimum absolute atomic E-state index is 0.0623. The molecular formula is C34H30N6O3S. The van der Waals surface area contributed by atoms with Gasteiger partial charge >= 0.3 is 0 Å². The quantitative estimate of drug-likeness (QED) is 0.174. The molecule has 1 atom stereocenters. The predicted octanol–water partition coefficient (Wildman–Crippen LogP) is 7.00. The number of hydrogen-bond donors (Lipinski definition) is 2. The second kappa shape index (κ2) is 12.7. The molecule has 7 rings (SSSR count). The number of thiophene rings is 1. The number of imidazole rings is 1. The zero-order chi connectivity index (χ0) is 29.7. The third-order valence-electron chi connectivity index (χ3n) is 7.31. The molecule has 1 aliphatic heterocycles. The van der Waals surface area contributed by atoms with Crippen molar-refractivity contribution in [2.24, 2.45) is 0 Å². The van der Waals surface area contributed by atoms with Crippen LogP contribution in [0.1, 0.15) is 17.7 Å². The van der Waals surface area contributed by atoms with E-state index in [2.05, 4.69) is 15.6 Å². The van der Waals surface area contributed by atoms with E-state index in [1.807, 2.05) is 101 Å². The molecule has 10 heteroatoms. The van der Waals surface area contributed by atoms with E-state index in [0.717, 1.165) is 58.4 Å². The van der Waals surface area contributed by atoms with E-state index >= 15 is 0 Å². The number of carbonyl (C=O) groups excluding carboxylic acids is 1. The molecule has 6 aromatic rings. The van der Waals surface area contributed by atoms with Gasteiger partial charge in [-0.1, -0.05) is 30.3 Å². The molecule has 44 heavy (non-hydrogen) atoms. The summed E-state index contributed by atoms with van der Waals surface area (Å²) in [6.45, 7) is 1.33. The monoisotopic (exact) mass is 602 g/mol. The number of carbonyl (C=O) groups is 1. The first-order chi connectivity index (χ1) is 21.7. The van der Waals surface area contributed by atoms with Crippen LogP contribution in [0.15, 0.2) is 103 Å². The Morgan fingerprint density at radius 3 is 2.82 bits per heavy atom. The Kier molecular flexibility index (Phi) is 7.99. The molecule has 4 aromatic heterocycles. The Morgan fingerprint density at radius 2 is 1.93 bits per heavy atom. The van der Waals surface area contributed by atoms with E-state index in [4.69, 9.17) is 19.4 Å². The van der Waals surface area contributed by atoms with E-state index in [1.165, 1.54) is 0 Å². The van der Waals surface area contributed by atoms with Crippen molar-refractivity contribution in [3.63, 3.8) is 0 Å². The number of ether oxygens (including phenoxy) is 2. The second-order valence-corrected chi connectivity index (χ2v) is 11.5. The topological polar surface area (TPSA) is 103 Å². The van der Waals surface area contributed by atoms with E-state index in [-0.39, 0.29) is 12.0 Å². The van der Waals surface area contributed by atoms with Crippen LogP contribution < -0.4 is 15.4 Å². The van der Waals surface area contributed by atoms with Crippen LogP contribution in [-0.2, 0) is 16.0 Å². The van der Waals surface area contributed by atoms with Crippen LogP contribution in [0, 0.1) is 0 Å². The summed E-state index contributed by atoms with van der Waals surface area (Å²) in [6, 6.07) is 27.2. The molecule has 1 unspecified atom stereocenters. The van der Waals surface area contributed by atoms with Crippen LogP contribution in [0.4, 0.5) is 17.3 Å². The summed E-state index contributed by atoms with van der Waals surface area (Å²) >= 11 is 1.57. The molecule has 2 aromatic carbocycles. The fourth-order valence-electron chi connectivity index (χ4n) is 5.27. The van der Waals surface area contributed by atoms with Crippen molar-refractivity contribution in [2.75, 3.05) is 23.8 Å². The second-order valence-electron chi connectivity index (χ2n) is 10.5. The fourth-order valence-corrected chi connectivity index (χ4v) is 5.97. The number of nitrogens with one attached hydrogen (secondary N) is 2. The van der Waals surface area contributed by atoms with Gasteiger partial charge in [0.05, 0.1) is 29.6 Å². The van der Waals surface area contributed by atoms with Gasteiger partial charge in [-0.2, -0.15) is 0 Å². The summed E-state index contributed by atoms with van der Waals surface area (Å²) in [4.78, 5) is 28.1. The lowest BCUT2D eigenvalue weighted by atomic mass is 10.1. The zero-order valence-corrected chi connectivity index (χ0v) is 24.7. The van der Waals surface area contributed by atoms with Crippen molar-refractivity contribution in [2.45, 2.75) is 25.4 Å². The Labute approximate surface area is 258 Å². The normalized spacial score (nSPS) is 14.5. The Morgan fingerprint density at radius 1 is 1.00 bits per heavy atom. The molecule has 5 heterocycles. The third kappa shape index (κ3) is 6.31. The average Bonchev–Trinajstić information content (AvgIpc) is 3.82. The van der Waals surface area contributed by atoms with Gasteiger partial charge in [-0.15, -0.1) is 11.3 Å². The van der Waals surface area contributed by atoms with Gasteiger partial charge in [-0.3, -0.25) is 9.20 Å². The summed E-state index contributed by atoms with van der Waals surface area (Å²) in [6.07, 6.45) is 6.29. The molecule has 0 saturated carbocycles. The highest BCUT2D eigenvalue weighted by atomic mass is 32.1. The third-order valence-corrected chi connectivity index (χ3v) is 8.19. The molecule has 1 saturated heterocycles. The number of aromatic nitrogens is 4. The first-order valence-electron chi connectivity index (χ1n) is 14.5. The van der Waals surface area contributed by atoms with Crippen molar-refractivity contribution in [3.8, 4) is 28.4 Å². The fraction of sp³-hybridized carbons (Fsp3) is 0.176. The van der Waals surface area contributed by atoms with Crippen molar-refractivity contribution in [1.29, 1.82) is 0 Å². The predicted molar refractivity (Wildman–Crippen MR) is 173 cm³/mol. The highest BCUT2D eigenvalue weighted by molar-refractivity contribution is 7.10. The number of pyridine rings is 1. The van der Waals surface area contributed by atoms with E-state index < -0.39 is 0 Å². The minimum atomic E-state index is -0.0623. The Hall–Kier alpha value is -5.06. The molecule has 1 aliphatic rings. The summed E-state index contributed by atoms with van der Waals surface area (Å²) < 4.78 is 13.7. The van der Waals surface area contributed by atoms with Crippen LogP contribution in [0.5, 0.6) is 5.75 Å². The first kappa shape index (κ1) is 27.8. The summed E-state index contributed by atoms with van der Waals surface area (Å²) in [5.74, 6) is 1.14. The smallest absolute Gasteiger partial charge is 0.229 e. The zero-order valence-electron chi connectivity index (χ0n) is 23.8. The lowest BCUT2D eigenvalue weighted by molar-refractivity contribution is -0.115. The number of fused-ring (bicyclic) bond motifs is 1. The lowest BCUT2D eigenvalue weighted by Crippen LogP contribution is -2.16. The van der Waals surface area contributed by atoms with Gasteiger partial charge in [-0.05, 0) is 66.8 Å². The van der Waals surface area contributed by atoms with E-state index in [0.29, 0.717) is 30.4 Å². The van der Waals surface area contributed by atoms with Gasteiger partial charge in [-0.25, -0.2) is 15.0 Å². The molecule has 9 nitrogen and oxygen atoms in total. The summed E-state index contributed by atoms with van der Waals surface area (Å²) in [7, 11) is 0. The molecule has 0 spiro atoms. The molecule has 220 valence electrons. The molecule has 2 N–H and O–H groups in total. The number of anilines is 3. The Bertz CT molecular complexity index is 1900. The Balaban J connectivity index is 1.16. The summed E-state index contributed by atoms with van der Waals surface area (Å²) in [5.41, 5.74) is 5.45. The van der Waals surface area contributed by atoms with E-state index in [1.54, 1.807) is 17.5 Å². The van der Waals surface area contributed by atoms with Gasteiger partial charge in [0.25, 0.3) is 0 Å². The standard InChI is InChI=1S/C34H30N6O3S/c41-31(21-28-12-6-18-44-28)36-24-8-3-7-23(19-24)32-33(40-16-2-1-13-30(40)39-32)29-14-15-35-34(38-29)37-25-9-4-10-26(20-25)43-22-27-11-5-17-42-27/h1-4,6-10,12-16,18-20,27H,5,11,17,21-22H2,(H,36,41)(H,35,37,38).